The van der Waals surface area contributed by atoms with Gasteiger partial charge in [-0.25, -0.2) is 8.42 Å². The molecule has 1 aliphatic carbocycles. The van der Waals surface area contributed by atoms with Crippen molar-refractivity contribution in [3.8, 4) is 0 Å². The number of hydrogen-bond donors (Lipinski definition) is 1. The summed E-state index contributed by atoms with van der Waals surface area (Å²) in [4.78, 5) is 3.00. The molecule has 1 aliphatic heterocycles. The van der Waals surface area contributed by atoms with E-state index in [1.807, 2.05) is 12.1 Å². The monoisotopic (exact) mass is 322 g/mol. The van der Waals surface area contributed by atoms with E-state index in [-0.39, 0.29) is 0 Å². The van der Waals surface area contributed by atoms with Crippen LogP contribution in [0.2, 0.25) is 0 Å². The van der Waals surface area contributed by atoms with Crippen LogP contribution >= 0.6 is 0 Å². The Morgan fingerprint density at radius 2 is 1.68 bits per heavy atom. The molecule has 1 aromatic carbocycles. The van der Waals surface area contributed by atoms with Crippen molar-refractivity contribution in [3.63, 3.8) is 0 Å². The number of nitrogens with one attached hydrogen (secondary N) is 1. The molecular weight excluding hydrogens is 296 g/mol. The first-order chi connectivity index (χ1) is 10.6. The lowest BCUT2D eigenvalue weighted by Crippen LogP contribution is -2.46. The maximum atomic E-state index is 11.7. The summed E-state index contributed by atoms with van der Waals surface area (Å²) in [5.74, 6) is 0.710. The minimum absolute atomic E-state index is 0.418. The quantitative estimate of drug-likeness (QED) is 0.923. The standard InChI is InChI=1S/C17H26N2O2S/c1-22(20,21)16-8-6-15(7-9-16)17(14-4-2-3-5-14)19-12-10-18-11-13-19/h6-9,14,17-18H,2-5,10-13H2,1H3/t17-/m0/s1. The first-order valence-electron chi connectivity index (χ1n) is 8.30. The fourth-order valence-electron chi connectivity index (χ4n) is 3.93. The van der Waals surface area contributed by atoms with Gasteiger partial charge in [0.15, 0.2) is 9.84 Å². The zero-order valence-electron chi connectivity index (χ0n) is 13.3. The number of benzene rings is 1. The zero-order chi connectivity index (χ0) is 15.6. The van der Waals surface area contributed by atoms with Crippen molar-refractivity contribution in [1.29, 1.82) is 0 Å². The molecule has 1 heterocycles. The smallest absolute Gasteiger partial charge is 0.175 e. The maximum absolute atomic E-state index is 11.7. The summed E-state index contributed by atoms with van der Waals surface area (Å²) in [6.07, 6.45) is 6.51. The molecule has 22 heavy (non-hydrogen) atoms. The summed E-state index contributed by atoms with van der Waals surface area (Å²) in [6.45, 7) is 4.25. The van der Waals surface area contributed by atoms with E-state index in [4.69, 9.17) is 0 Å². The Morgan fingerprint density at radius 3 is 2.23 bits per heavy atom. The van der Waals surface area contributed by atoms with E-state index in [0.717, 1.165) is 26.2 Å². The Labute approximate surface area is 133 Å². The third-order valence-corrected chi connectivity index (χ3v) is 6.17. The predicted molar refractivity (Wildman–Crippen MR) is 88.7 cm³/mol. The molecule has 122 valence electrons. The number of sulfone groups is 1. The Bertz CT molecular complexity index is 586. The van der Waals surface area contributed by atoms with Crippen LogP contribution in [0.1, 0.15) is 37.3 Å². The van der Waals surface area contributed by atoms with E-state index in [1.54, 1.807) is 12.1 Å². The van der Waals surface area contributed by atoms with Crippen molar-refractivity contribution >= 4 is 9.84 Å². The second-order valence-corrected chi connectivity index (χ2v) is 8.63. The number of nitrogens with zero attached hydrogens (tertiary/aromatic N) is 1. The van der Waals surface area contributed by atoms with Gasteiger partial charge >= 0.3 is 0 Å². The van der Waals surface area contributed by atoms with E-state index in [0.29, 0.717) is 16.9 Å². The number of piperazine rings is 1. The summed E-state index contributed by atoms with van der Waals surface area (Å²) in [5, 5.41) is 3.42. The lowest BCUT2D eigenvalue weighted by molar-refractivity contribution is 0.125. The average molecular weight is 322 g/mol. The molecule has 2 aliphatic rings. The molecule has 3 rings (SSSR count). The van der Waals surface area contributed by atoms with Crippen molar-refractivity contribution in [2.75, 3.05) is 32.4 Å². The molecule has 0 amide bonds. The first-order valence-corrected chi connectivity index (χ1v) is 10.2. The third kappa shape index (κ3) is 3.53. The Morgan fingerprint density at radius 1 is 1.09 bits per heavy atom. The fraction of sp³-hybridized carbons (Fsp3) is 0.647. The van der Waals surface area contributed by atoms with Gasteiger partial charge in [-0.3, -0.25) is 4.90 Å². The van der Waals surface area contributed by atoms with Crippen LogP contribution in [-0.4, -0.2) is 45.8 Å². The van der Waals surface area contributed by atoms with Gasteiger partial charge in [-0.1, -0.05) is 25.0 Å². The Hall–Kier alpha value is -0.910. The van der Waals surface area contributed by atoms with Gasteiger partial charge in [0.2, 0.25) is 0 Å². The summed E-state index contributed by atoms with van der Waals surface area (Å²) < 4.78 is 23.3. The van der Waals surface area contributed by atoms with Gasteiger partial charge in [-0.2, -0.15) is 0 Å². The molecule has 4 nitrogen and oxygen atoms in total. The highest BCUT2D eigenvalue weighted by molar-refractivity contribution is 7.90. The lowest BCUT2D eigenvalue weighted by Gasteiger charge is -2.38. The van der Waals surface area contributed by atoms with Crippen LogP contribution in [-0.2, 0) is 9.84 Å². The fourth-order valence-corrected chi connectivity index (χ4v) is 4.56. The van der Waals surface area contributed by atoms with Crippen LogP contribution in [0.5, 0.6) is 0 Å². The largest absolute Gasteiger partial charge is 0.314 e. The van der Waals surface area contributed by atoms with E-state index in [9.17, 15) is 8.42 Å². The molecule has 0 unspecified atom stereocenters. The van der Waals surface area contributed by atoms with Crippen LogP contribution in [0.15, 0.2) is 29.2 Å². The Kier molecular flexibility index (Phi) is 4.85. The van der Waals surface area contributed by atoms with Crippen molar-refractivity contribution in [1.82, 2.24) is 10.2 Å². The molecule has 1 saturated heterocycles. The third-order valence-electron chi connectivity index (χ3n) is 5.04. The normalized spacial score (nSPS) is 22.8. The van der Waals surface area contributed by atoms with Crippen molar-refractivity contribution in [2.24, 2.45) is 5.92 Å². The van der Waals surface area contributed by atoms with Crippen molar-refractivity contribution in [2.45, 2.75) is 36.6 Å². The van der Waals surface area contributed by atoms with Gasteiger partial charge in [0.25, 0.3) is 0 Å². The van der Waals surface area contributed by atoms with Crippen molar-refractivity contribution in [3.05, 3.63) is 29.8 Å². The minimum atomic E-state index is -3.11. The molecular formula is C17H26N2O2S. The highest BCUT2D eigenvalue weighted by Crippen LogP contribution is 2.39. The SMILES string of the molecule is CS(=O)(=O)c1ccc([C@H](C2CCCC2)N2CCNCC2)cc1. The van der Waals surface area contributed by atoms with Crippen LogP contribution in [0.3, 0.4) is 0 Å². The van der Waals surface area contributed by atoms with E-state index < -0.39 is 9.84 Å². The molecule has 0 aromatic heterocycles. The number of rotatable bonds is 4. The lowest BCUT2D eigenvalue weighted by atomic mass is 9.90. The van der Waals surface area contributed by atoms with Gasteiger partial charge in [-0.15, -0.1) is 0 Å². The number of hydrogen-bond acceptors (Lipinski definition) is 4. The van der Waals surface area contributed by atoms with Gasteiger partial charge in [0.05, 0.1) is 4.90 Å². The highest BCUT2D eigenvalue weighted by Gasteiger charge is 2.31. The molecule has 1 N–H and O–H groups in total. The van der Waals surface area contributed by atoms with Gasteiger partial charge in [0, 0.05) is 38.5 Å². The van der Waals surface area contributed by atoms with Gasteiger partial charge in [-0.05, 0) is 36.5 Å². The summed E-state index contributed by atoms with van der Waals surface area (Å²) >= 11 is 0. The summed E-state index contributed by atoms with van der Waals surface area (Å²) in [5.41, 5.74) is 1.28. The molecule has 0 radical (unpaired) electrons. The zero-order valence-corrected chi connectivity index (χ0v) is 14.1. The molecule has 0 spiro atoms. The van der Waals surface area contributed by atoms with E-state index >= 15 is 0 Å². The van der Waals surface area contributed by atoms with E-state index in [1.165, 1.54) is 37.5 Å². The van der Waals surface area contributed by atoms with Crippen LogP contribution in [0.4, 0.5) is 0 Å². The topological polar surface area (TPSA) is 49.4 Å². The predicted octanol–water partition coefficient (Wildman–Crippen LogP) is 2.23. The maximum Gasteiger partial charge on any atom is 0.175 e. The second-order valence-electron chi connectivity index (χ2n) is 6.62. The average Bonchev–Trinajstić information content (AvgIpc) is 3.02. The molecule has 2 fully saturated rings. The first kappa shape index (κ1) is 16.0. The molecule has 1 atom stereocenters. The van der Waals surface area contributed by atoms with E-state index in [2.05, 4.69) is 10.2 Å². The molecule has 1 aromatic rings. The van der Waals surface area contributed by atoms with Gasteiger partial charge < -0.3 is 5.32 Å². The molecule has 0 bridgehead atoms. The Balaban J connectivity index is 1.87. The minimum Gasteiger partial charge on any atom is -0.314 e. The van der Waals surface area contributed by atoms with Gasteiger partial charge in [0.1, 0.15) is 0 Å². The summed E-state index contributed by atoms with van der Waals surface area (Å²) in [6, 6.07) is 8.05. The molecule has 1 saturated carbocycles. The van der Waals surface area contributed by atoms with Crippen LogP contribution in [0, 0.1) is 5.92 Å². The second kappa shape index (κ2) is 6.69. The van der Waals surface area contributed by atoms with Crippen LogP contribution in [0.25, 0.3) is 0 Å². The summed E-state index contributed by atoms with van der Waals surface area (Å²) in [7, 11) is -3.11. The van der Waals surface area contributed by atoms with Crippen LogP contribution < -0.4 is 5.32 Å². The highest BCUT2D eigenvalue weighted by atomic mass is 32.2. The molecule has 5 heteroatoms. The van der Waals surface area contributed by atoms with Crippen molar-refractivity contribution < 1.29 is 8.42 Å².